The maximum Gasteiger partial charge on any atom is 0.491 e. The highest BCUT2D eigenvalue weighted by atomic mass is 19.4. The number of methoxy groups -OCH3 is 1. The number of ether oxygens (including phenoxy) is 2. The number of aromatic hydroxyl groups is 1. The minimum Gasteiger partial charge on any atom is -0.504 e. The lowest BCUT2D eigenvalue weighted by Gasteiger charge is -2.32. The van der Waals surface area contributed by atoms with Crippen LogP contribution in [-0.2, 0) is 4.79 Å². The molecule has 10 nitrogen and oxygen atoms in total. The fourth-order valence-electron chi connectivity index (χ4n) is 3.75. The third-order valence-corrected chi connectivity index (χ3v) is 5.82. The third-order valence-electron chi connectivity index (χ3n) is 5.82. The Balaban J connectivity index is 1.58. The van der Waals surface area contributed by atoms with Gasteiger partial charge in [-0.25, -0.2) is 9.78 Å². The number of likely N-dealkylation sites (N-methyl/N-ethyl adjacent to an activating group) is 1. The average Bonchev–Trinajstić information content (AvgIpc) is 2.89. The van der Waals surface area contributed by atoms with Crippen LogP contribution in [0.3, 0.4) is 0 Å². The summed E-state index contributed by atoms with van der Waals surface area (Å²) in [6.45, 7) is 2.79. The summed E-state index contributed by atoms with van der Waals surface area (Å²) in [4.78, 5) is 36.7. The predicted molar refractivity (Wildman–Crippen MR) is 130 cm³/mol. The van der Waals surface area contributed by atoms with Crippen LogP contribution in [0, 0.1) is 0 Å². The number of hydrogen-bond acceptors (Lipinski definition) is 9. The first kappa shape index (κ1) is 26.7. The second-order valence-electron chi connectivity index (χ2n) is 8.49. The van der Waals surface area contributed by atoms with E-state index >= 15 is 0 Å². The normalized spacial score (nSPS) is 14.2. The Kier molecular flexibility index (Phi) is 7.67. The molecular weight excluding hydrogens is 507 g/mol. The van der Waals surface area contributed by atoms with Crippen LogP contribution in [0.25, 0.3) is 11.3 Å². The monoisotopic (exact) mass is 531 g/mol. The number of nitrogens with zero attached hydrogens (tertiary/aromatic N) is 4. The van der Waals surface area contributed by atoms with Crippen molar-refractivity contribution >= 4 is 23.4 Å². The maximum absolute atomic E-state index is 13.0. The lowest BCUT2D eigenvalue weighted by molar-refractivity contribution is -0.189. The zero-order valence-electron chi connectivity index (χ0n) is 20.5. The first-order chi connectivity index (χ1) is 18.0. The number of benzene rings is 2. The first-order valence-corrected chi connectivity index (χ1v) is 11.4. The molecule has 1 aliphatic heterocycles. The molecule has 2 heterocycles. The number of carbonyl (C=O) groups excluding carboxylic acids is 2. The van der Waals surface area contributed by atoms with E-state index in [-0.39, 0.29) is 23.0 Å². The van der Waals surface area contributed by atoms with E-state index in [4.69, 9.17) is 4.74 Å². The van der Waals surface area contributed by atoms with Gasteiger partial charge in [-0.05, 0) is 43.4 Å². The molecule has 0 aliphatic carbocycles. The van der Waals surface area contributed by atoms with Gasteiger partial charge in [0.1, 0.15) is 11.6 Å². The van der Waals surface area contributed by atoms with Crippen molar-refractivity contribution in [1.82, 2.24) is 19.8 Å². The van der Waals surface area contributed by atoms with Gasteiger partial charge >= 0.3 is 12.1 Å². The second kappa shape index (κ2) is 10.9. The number of esters is 1. The molecule has 4 rings (SSSR count). The van der Waals surface area contributed by atoms with Gasteiger partial charge in [0.05, 0.1) is 30.9 Å². The van der Waals surface area contributed by atoms with Crippen molar-refractivity contribution in [2.45, 2.75) is 6.18 Å². The molecule has 13 heteroatoms. The molecule has 1 fully saturated rings. The van der Waals surface area contributed by atoms with Crippen LogP contribution in [0.1, 0.15) is 10.4 Å². The van der Waals surface area contributed by atoms with Crippen LogP contribution in [0.5, 0.6) is 17.2 Å². The number of phenolic OH excluding ortho intramolecular Hbond substituents is 1. The van der Waals surface area contributed by atoms with E-state index in [0.717, 1.165) is 25.2 Å². The van der Waals surface area contributed by atoms with E-state index in [0.29, 0.717) is 30.1 Å². The van der Waals surface area contributed by atoms with Crippen molar-refractivity contribution in [2.75, 3.05) is 45.7 Å². The van der Waals surface area contributed by atoms with Crippen LogP contribution in [-0.4, -0.2) is 83.3 Å². The zero-order chi connectivity index (χ0) is 27.4. The molecule has 0 radical (unpaired) electrons. The van der Waals surface area contributed by atoms with Gasteiger partial charge in [0.2, 0.25) is 0 Å². The summed E-state index contributed by atoms with van der Waals surface area (Å²) in [5.74, 6) is -3.23. The summed E-state index contributed by atoms with van der Waals surface area (Å²) < 4.78 is 47.5. The van der Waals surface area contributed by atoms with Crippen molar-refractivity contribution in [3.05, 3.63) is 54.4 Å². The predicted octanol–water partition coefficient (Wildman–Crippen LogP) is 3.46. The summed E-state index contributed by atoms with van der Waals surface area (Å²) in [5.41, 5.74) is 1.35. The lowest BCUT2D eigenvalue weighted by Crippen LogP contribution is -2.47. The van der Waals surface area contributed by atoms with E-state index in [1.807, 2.05) is 7.05 Å². The van der Waals surface area contributed by atoms with E-state index in [9.17, 15) is 27.9 Å². The molecule has 3 aromatic rings. The highest BCUT2D eigenvalue weighted by molar-refractivity contribution is 5.96. The Hall–Kier alpha value is -4.39. The minimum atomic E-state index is -5.23. The molecule has 0 unspecified atom stereocenters. The number of alkyl halides is 3. The number of hydrogen-bond donors (Lipinski definition) is 2. The summed E-state index contributed by atoms with van der Waals surface area (Å²) in [6, 6.07) is 8.47. The number of phenols is 1. The van der Waals surface area contributed by atoms with E-state index in [1.165, 1.54) is 25.6 Å². The summed E-state index contributed by atoms with van der Waals surface area (Å²) in [7, 11) is 3.48. The van der Waals surface area contributed by atoms with Crippen LogP contribution >= 0.6 is 0 Å². The fraction of sp³-hybridized carbons (Fsp3) is 0.280. The number of nitrogens with one attached hydrogen (secondary N) is 1. The Bertz CT molecular complexity index is 1340. The van der Waals surface area contributed by atoms with Crippen LogP contribution in [0.2, 0.25) is 0 Å². The smallest absolute Gasteiger partial charge is 0.491 e. The summed E-state index contributed by atoms with van der Waals surface area (Å²) >= 11 is 0. The SMILES string of the molecule is COc1ccc(C(=O)N2CCN(C)CC2)cc1Nc1cncc(-c2ccc(O)c(OC(=O)C(F)(F)F)c2)n1. The number of rotatable bonds is 6. The molecule has 200 valence electrons. The van der Waals surface area contributed by atoms with E-state index in [1.54, 1.807) is 23.1 Å². The molecule has 0 spiro atoms. The molecule has 0 bridgehead atoms. The Morgan fingerprint density at radius 1 is 1.03 bits per heavy atom. The van der Waals surface area contributed by atoms with Gasteiger partial charge in [-0.1, -0.05) is 0 Å². The number of halogens is 3. The van der Waals surface area contributed by atoms with Crippen molar-refractivity contribution in [2.24, 2.45) is 0 Å². The minimum absolute atomic E-state index is 0.117. The molecule has 38 heavy (non-hydrogen) atoms. The number of carbonyl (C=O) groups is 2. The molecule has 1 saturated heterocycles. The quantitative estimate of drug-likeness (QED) is 0.364. The van der Waals surface area contributed by atoms with Gasteiger partial charge in [0, 0.05) is 37.3 Å². The van der Waals surface area contributed by atoms with Gasteiger partial charge in [-0.3, -0.25) is 9.78 Å². The number of piperazine rings is 1. The molecule has 0 saturated carbocycles. The lowest BCUT2D eigenvalue weighted by atomic mass is 10.1. The average molecular weight is 531 g/mol. The van der Waals surface area contributed by atoms with Gasteiger partial charge < -0.3 is 29.7 Å². The fourth-order valence-corrected chi connectivity index (χ4v) is 3.75. The highest BCUT2D eigenvalue weighted by Gasteiger charge is 2.41. The zero-order valence-corrected chi connectivity index (χ0v) is 20.5. The standard InChI is InChI=1S/C25H24F3N5O5/c1-32-7-9-33(10-8-32)23(35)16-4-6-20(37-2)17(11-16)30-22-14-29-13-18(31-22)15-3-5-19(34)21(12-15)38-24(36)25(26,27)28/h3-6,11-14,34H,7-10H2,1-2H3,(H,30,31). The first-order valence-electron chi connectivity index (χ1n) is 11.4. The maximum atomic E-state index is 13.0. The van der Waals surface area contributed by atoms with Crippen LogP contribution in [0.4, 0.5) is 24.7 Å². The van der Waals surface area contributed by atoms with E-state index < -0.39 is 23.6 Å². The molecule has 1 aromatic heterocycles. The molecule has 1 amide bonds. The molecule has 2 aromatic carbocycles. The topological polar surface area (TPSA) is 117 Å². The van der Waals surface area contributed by atoms with Crippen LogP contribution < -0.4 is 14.8 Å². The largest absolute Gasteiger partial charge is 0.504 e. The molecule has 0 atom stereocenters. The van der Waals surface area contributed by atoms with Gasteiger partial charge in [-0.2, -0.15) is 13.2 Å². The summed E-state index contributed by atoms with van der Waals surface area (Å²) in [6.07, 6.45) is -2.48. The molecular formula is C25H24F3N5O5. The number of anilines is 2. The Morgan fingerprint density at radius 3 is 2.45 bits per heavy atom. The van der Waals surface area contributed by atoms with Gasteiger partial charge in [-0.15, -0.1) is 0 Å². The van der Waals surface area contributed by atoms with Gasteiger partial charge in [0.15, 0.2) is 11.5 Å². The van der Waals surface area contributed by atoms with Crippen molar-refractivity contribution in [1.29, 1.82) is 0 Å². The Morgan fingerprint density at radius 2 is 1.76 bits per heavy atom. The van der Waals surface area contributed by atoms with Gasteiger partial charge in [0.25, 0.3) is 5.91 Å². The Labute approximate surface area is 215 Å². The number of aromatic nitrogens is 2. The summed E-state index contributed by atoms with van der Waals surface area (Å²) in [5, 5.41) is 12.9. The third kappa shape index (κ3) is 6.11. The van der Waals surface area contributed by atoms with Crippen molar-refractivity contribution < 1.29 is 37.3 Å². The van der Waals surface area contributed by atoms with Crippen molar-refractivity contribution in [3.63, 3.8) is 0 Å². The van der Waals surface area contributed by atoms with E-state index in [2.05, 4.69) is 24.9 Å². The second-order valence-corrected chi connectivity index (χ2v) is 8.49. The molecule has 2 N–H and O–H groups in total. The molecule has 1 aliphatic rings. The van der Waals surface area contributed by atoms with Crippen molar-refractivity contribution in [3.8, 4) is 28.5 Å². The highest BCUT2D eigenvalue weighted by Crippen LogP contribution is 2.34. The van der Waals surface area contributed by atoms with Crippen LogP contribution in [0.15, 0.2) is 48.8 Å². The number of amides is 1.